The molecule has 0 aliphatic heterocycles. The minimum absolute atomic E-state index is 0.190. The highest BCUT2D eigenvalue weighted by Gasteiger charge is 2.33. The second-order valence-corrected chi connectivity index (χ2v) is 4.56. The van der Waals surface area contributed by atoms with Crippen LogP contribution in [0.25, 0.3) is 11.1 Å². The molecule has 0 saturated carbocycles. The van der Waals surface area contributed by atoms with Crippen molar-refractivity contribution in [3.05, 3.63) is 52.6 Å². The molecule has 11 heteroatoms. The minimum atomic E-state index is -5.09. The predicted molar refractivity (Wildman–Crippen MR) is 71.9 cm³/mol. The van der Waals surface area contributed by atoms with Crippen molar-refractivity contribution < 1.29 is 40.7 Å². The Labute approximate surface area is 135 Å². The van der Waals surface area contributed by atoms with E-state index in [0.29, 0.717) is 6.07 Å². The molecule has 0 aliphatic rings. The summed E-state index contributed by atoms with van der Waals surface area (Å²) in [6.45, 7) is 0. The molecule has 2 rings (SSSR count). The van der Waals surface area contributed by atoms with Gasteiger partial charge < -0.3 is 9.47 Å². The van der Waals surface area contributed by atoms with Gasteiger partial charge in [-0.15, -0.1) is 26.3 Å². The van der Waals surface area contributed by atoms with E-state index >= 15 is 0 Å². The van der Waals surface area contributed by atoms with Crippen molar-refractivity contribution in [2.45, 2.75) is 12.7 Å². The molecule has 0 heterocycles. The quantitative estimate of drug-likeness (QED) is 0.431. The lowest BCUT2D eigenvalue weighted by molar-refractivity contribution is -0.384. The van der Waals surface area contributed by atoms with Crippen LogP contribution in [0.4, 0.5) is 32.0 Å². The first-order valence-corrected chi connectivity index (χ1v) is 6.35. The average molecular weight is 367 g/mol. The zero-order valence-electron chi connectivity index (χ0n) is 11.9. The third-order valence-corrected chi connectivity index (χ3v) is 2.78. The van der Waals surface area contributed by atoms with Crippen LogP contribution in [0.1, 0.15) is 0 Å². The van der Waals surface area contributed by atoms with E-state index in [9.17, 15) is 36.5 Å². The highest BCUT2D eigenvalue weighted by atomic mass is 19.4. The van der Waals surface area contributed by atoms with Crippen LogP contribution in [0.5, 0.6) is 11.5 Å². The zero-order chi connectivity index (χ0) is 18.8. The number of non-ortho nitro benzene ring substituents is 1. The molecule has 25 heavy (non-hydrogen) atoms. The Kier molecular flexibility index (Phi) is 4.77. The molecule has 0 fully saturated rings. The Bertz CT molecular complexity index is 788. The topological polar surface area (TPSA) is 61.6 Å². The van der Waals surface area contributed by atoms with Crippen LogP contribution in [-0.2, 0) is 0 Å². The number of benzene rings is 2. The number of alkyl halides is 6. The fraction of sp³-hybridized carbons (Fsp3) is 0.143. The number of ether oxygens (including phenoxy) is 2. The normalized spacial score (nSPS) is 11.9. The maximum Gasteiger partial charge on any atom is 0.573 e. The van der Waals surface area contributed by atoms with Crippen molar-refractivity contribution in [3.8, 4) is 22.6 Å². The lowest BCUT2D eigenvalue weighted by Gasteiger charge is -2.14. The molecule has 5 nitrogen and oxygen atoms in total. The monoisotopic (exact) mass is 367 g/mol. The SMILES string of the molecule is O=[N+]([O-])c1ccc(OC(F)(F)F)c(-c2cccc(OC(F)(F)F)c2)c1. The van der Waals surface area contributed by atoms with Crippen molar-refractivity contribution in [3.63, 3.8) is 0 Å². The molecule has 0 N–H and O–H groups in total. The van der Waals surface area contributed by atoms with Crippen LogP contribution in [0, 0.1) is 10.1 Å². The Balaban J connectivity index is 2.53. The number of hydrogen-bond donors (Lipinski definition) is 0. The van der Waals surface area contributed by atoms with E-state index in [1.807, 2.05) is 0 Å². The van der Waals surface area contributed by atoms with Gasteiger partial charge in [-0.1, -0.05) is 12.1 Å². The van der Waals surface area contributed by atoms with Crippen LogP contribution < -0.4 is 9.47 Å². The molecule has 0 bridgehead atoms. The van der Waals surface area contributed by atoms with Gasteiger partial charge in [0.05, 0.1) is 4.92 Å². The van der Waals surface area contributed by atoms with Crippen LogP contribution in [0.2, 0.25) is 0 Å². The molecule has 0 atom stereocenters. The minimum Gasteiger partial charge on any atom is -0.406 e. The number of hydrogen-bond acceptors (Lipinski definition) is 4. The second kappa shape index (κ2) is 6.49. The highest BCUT2D eigenvalue weighted by molar-refractivity contribution is 5.74. The van der Waals surface area contributed by atoms with E-state index in [-0.39, 0.29) is 5.56 Å². The first-order valence-electron chi connectivity index (χ1n) is 6.35. The number of nitro groups is 1. The van der Waals surface area contributed by atoms with Gasteiger partial charge in [-0.25, -0.2) is 0 Å². The number of nitrogens with zero attached hydrogens (tertiary/aromatic N) is 1. The third-order valence-electron chi connectivity index (χ3n) is 2.78. The molecule has 0 saturated heterocycles. The van der Waals surface area contributed by atoms with E-state index in [0.717, 1.165) is 36.4 Å². The molecule has 2 aromatic rings. The molecular weight excluding hydrogens is 360 g/mol. The van der Waals surface area contributed by atoms with Crippen LogP contribution in [0.3, 0.4) is 0 Å². The van der Waals surface area contributed by atoms with Gasteiger partial charge in [0.1, 0.15) is 11.5 Å². The Morgan fingerprint density at radius 2 is 1.52 bits per heavy atom. The lowest BCUT2D eigenvalue weighted by Crippen LogP contribution is -2.18. The Hall–Kier alpha value is -2.98. The maximum absolute atomic E-state index is 12.5. The molecule has 0 unspecified atom stereocenters. The fourth-order valence-corrected chi connectivity index (χ4v) is 1.93. The summed E-state index contributed by atoms with van der Waals surface area (Å²) >= 11 is 0. The van der Waals surface area contributed by atoms with Gasteiger partial charge in [-0.2, -0.15) is 0 Å². The molecule has 0 radical (unpaired) electrons. The van der Waals surface area contributed by atoms with E-state index in [4.69, 9.17) is 0 Å². The van der Waals surface area contributed by atoms with Crippen molar-refractivity contribution in [2.24, 2.45) is 0 Å². The molecule has 0 aromatic heterocycles. The zero-order valence-corrected chi connectivity index (χ0v) is 11.9. The summed E-state index contributed by atoms with van der Waals surface area (Å²) in [6, 6.07) is 6.21. The summed E-state index contributed by atoms with van der Waals surface area (Å²) in [7, 11) is 0. The van der Waals surface area contributed by atoms with Gasteiger partial charge >= 0.3 is 12.7 Å². The van der Waals surface area contributed by atoms with E-state index < -0.39 is 40.4 Å². The summed E-state index contributed by atoms with van der Waals surface area (Å²) in [4.78, 5) is 9.94. The molecule has 0 spiro atoms. The summed E-state index contributed by atoms with van der Waals surface area (Å²) in [5.41, 5.74) is -1.17. The second-order valence-electron chi connectivity index (χ2n) is 4.56. The van der Waals surface area contributed by atoms with E-state index in [1.54, 1.807) is 0 Å². The van der Waals surface area contributed by atoms with E-state index in [2.05, 4.69) is 9.47 Å². The third kappa shape index (κ3) is 5.26. The largest absolute Gasteiger partial charge is 0.573 e. The number of nitro benzene ring substituents is 1. The first-order chi connectivity index (χ1) is 11.4. The molecule has 0 aliphatic carbocycles. The summed E-state index contributed by atoms with van der Waals surface area (Å²) in [5.74, 6) is -1.50. The maximum atomic E-state index is 12.5. The van der Waals surface area contributed by atoms with Crippen molar-refractivity contribution in [1.82, 2.24) is 0 Å². The van der Waals surface area contributed by atoms with Crippen LogP contribution in [-0.4, -0.2) is 17.6 Å². The molecule has 0 amide bonds. The van der Waals surface area contributed by atoms with Crippen molar-refractivity contribution >= 4 is 5.69 Å². The van der Waals surface area contributed by atoms with Crippen LogP contribution in [0.15, 0.2) is 42.5 Å². The van der Waals surface area contributed by atoms with Gasteiger partial charge in [0.25, 0.3) is 5.69 Å². The average Bonchev–Trinajstić information content (AvgIpc) is 2.44. The summed E-state index contributed by atoms with van der Waals surface area (Å²) < 4.78 is 81.7. The molecular formula is C14H7F6NO4. The highest BCUT2D eigenvalue weighted by Crippen LogP contribution is 2.38. The standard InChI is InChI=1S/C14H7F6NO4/c15-13(16,17)24-10-3-1-2-8(6-10)11-7-9(21(22)23)4-5-12(11)25-14(18,19)20/h1-7H. The van der Waals surface area contributed by atoms with Gasteiger partial charge in [0, 0.05) is 17.7 Å². The predicted octanol–water partition coefficient (Wildman–Crippen LogP) is 5.06. The Morgan fingerprint density at radius 1 is 0.880 bits per heavy atom. The van der Waals surface area contributed by atoms with Crippen molar-refractivity contribution in [1.29, 1.82) is 0 Å². The lowest BCUT2D eigenvalue weighted by atomic mass is 10.0. The molecule has 134 valence electrons. The first kappa shape index (κ1) is 18.4. The summed E-state index contributed by atoms with van der Waals surface area (Å²) in [6.07, 6.45) is -10.1. The smallest absolute Gasteiger partial charge is 0.406 e. The fourth-order valence-electron chi connectivity index (χ4n) is 1.93. The van der Waals surface area contributed by atoms with Gasteiger partial charge in [-0.3, -0.25) is 10.1 Å². The van der Waals surface area contributed by atoms with Gasteiger partial charge in [0.2, 0.25) is 0 Å². The summed E-state index contributed by atoms with van der Waals surface area (Å²) in [5, 5.41) is 10.8. The van der Waals surface area contributed by atoms with Gasteiger partial charge in [0.15, 0.2) is 0 Å². The van der Waals surface area contributed by atoms with Crippen molar-refractivity contribution in [2.75, 3.05) is 0 Å². The number of halogens is 6. The molecule has 2 aromatic carbocycles. The van der Waals surface area contributed by atoms with Crippen LogP contribution >= 0.6 is 0 Å². The Morgan fingerprint density at radius 3 is 2.08 bits per heavy atom. The van der Waals surface area contributed by atoms with E-state index in [1.165, 1.54) is 0 Å². The van der Waals surface area contributed by atoms with Gasteiger partial charge in [-0.05, 0) is 23.8 Å². The number of rotatable bonds is 4.